The summed E-state index contributed by atoms with van der Waals surface area (Å²) in [6.45, 7) is 3.34. The Kier molecular flexibility index (Phi) is 4.62. The van der Waals surface area contributed by atoms with E-state index in [1.165, 1.54) is 19.2 Å². The predicted octanol–water partition coefficient (Wildman–Crippen LogP) is 2.45. The summed E-state index contributed by atoms with van der Waals surface area (Å²) < 4.78 is 22.2. The summed E-state index contributed by atoms with van der Waals surface area (Å²) >= 11 is 0. The standard InChI is InChI=1S/C20H21FN4O3/c1-3-24-16-5-4-9-22-18(16)25(20(24)27)14-8-10-23(12-14)19(26)13-6-7-17(28-2)15(21)11-13/h4-7,9,11,14H,3,8,10,12H2,1-2H3/t14-/m1/s1. The summed E-state index contributed by atoms with van der Waals surface area (Å²) in [6.07, 6.45) is 2.31. The van der Waals surface area contributed by atoms with Crippen molar-refractivity contribution >= 4 is 17.1 Å². The van der Waals surface area contributed by atoms with Crippen molar-refractivity contribution in [3.05, 3.63) is 58.4 Å². The highest BCUT2D eigenvalue weighted by Gasteiger charge is 2.31. The molecule has 3 aromatic rings. The minimum Gasteiger partial charge on any atom is -0.494 e. The van der Waals surface area contributed by atoms with E-state index in [2.05, 4.69) is 4.98 Å². The van der Waals surface area contributed by atoms with Crippen molar-refractivity contribution in [2.24, 2.45) is 0 Å². The number of pyridine rings is 1. The second kappa shape index (κ2) is 7.10. The number of nitrogens with zero attached hydrogens (tertiary/aromatic N) is 4. The number of hydrogen-bond donors (Lipinski definition) is 0. The molecular weight excluding hydrogens is 363 g/mol. The smallest absolute Gasteiger partial charge is 0.330 e. The second-order valence-electron chi connectivity index (χ2n) is 6.79. The number of hydrogen-bond acceptors (Lipinski definition) is 4. The van der Waals surface area contributed by atoms with E-state index in [9.17, 15) is 14.0 Å². The van der Waals surface area contributed by atoms with Gasteiger partial charge < -0.3 is 9.64 Å². The van der Waals surface area contributed by atoms with Gasteiger partial charge in [-0.2, -0.15) is 0 Å². The van der Waals surface area contributed by atoms with Crippen molar-refractivity contribution in [3.8, 4) is 5.75 Å². The molecular formula is C20H21FN4O3. The second-order valence-corrected chi connectivity index (χ2v) is 6.79. The van der Waals surface area contributed by atoms with Gasteiger partial charge in [0.2, 0.25) is 0 Å². The third kappa shape index (κ3) is 2.85. The van der Waals surface area contributed by atoms with Gasteiger partial charge in [-0.3, -0.25) is 13.9 Å². The molecule has 1 fully saturated rings. The van der Waals surface area contributed by atoms with Crippen LogP contribution in [0.1, 0.15) is 29.7 Å². The third-order valence-corrected chi connectivity index (χ3v) is 5.25. The van der Waals surface area contributed by atoms with Gasteiger partial charge in [-0.15, -0.1) is 0 Å². The molecule has 1 atom stereocenters. The number of likely N-dealkylation sites (tertiary alicyclic amines) is 1. The van der Waals surface area contributed by atoms with Gasteiger partial charge in [-0.05, 0) is 43.7 Å². The average Bonchev–Trinajstić information content (AvgIpc) is 3.29. The first-order valence-corrected chi connectivity index (χ1v) is 9.23. The fourth-order valence-electron chi connectivity index (χ4n) is 3.86. The molecule has 0 unspecified atom stereocenters. The fourth-order valence-corrected chi connectivity index (χ4v) is 3.86. The number of carbonyl (C=O) groups is 1. The highest BCUT2D eigenvalue weighted by atomic mass is 19.1. The summed E-state index contributed by atoms with van der Waals surface area (Å²) in [5.74, 6) is -0.735. The monoisotopic (exact) mass is 384 g/mol. The number of aromatic nitrogens is 3. The molecule has 0 N–H and O–H groups in total. The number of halogens is 1. The van der Waals surface area contributed by atoms with Gasteiger partial charge in [0, 0.05) is 31.4 Å². The molecule has 2 aromatic heterocycles. The van der Waals surface area contributed by atoms with Crippen LogP contribution < -0.4 is 10.4 Å². The topological polar surface area (TPSA) is 69.4 Å². The Morgan fingerprint density at radius 1 is 1.36 bits per heavy atom. The van der Waals surface area contributed by atoms with Crippen LogP contribution in [0.5, 0.6) is 5.75 Å². The Labute approximate surface area is 161 Å². The molecule has 1 amide bonds. The van der Waals surface area contributed by atoms with Crippen LogP contribution in [0.25, 0.3) is 11.2 Å². The van der Waals surface area contributed by atoms with E-state index in [-0.39, 0.29) is 29.0 Å². The molecule has 1 aliphatic heterocycles. The normalized spacial score (nSPS) is 16.7. The maximum Gasteiger partial charge on any atom is 0.330 e. The van der Waals surface area contributed by atoms with E-state index in [0.717, 1.165) is 5.52 Å². The first-order chi connectivity index (χ1) is 13.5. The first kappa shape index (κ1) is 18.2. The number of benzene rings is 1. The lowest BCUT2D eigenvalue weighted by Gasteiger charge is -2.17. The number of rotatable bonds is 4. The molecule has 0 saturated carbocycles. The van der Waals surface area contributed by atoms with Gasteiger partial charge >= 0.3 is 5.69 Å². The van der Waals surface area contributed by atoms with Crippen LogP contribution in [0.4, 0.5) is 4.39 Å². The van der Waals surface area contributed by atoms with Crippen molar-refractivity contribution in [2.45, 2.75) is 25.9 Å². The van der Waals surface area contributed by atoms with Crippen molar-refractivity contribution in [3.63, 3.8) is 0 Å². The van der Waals surface area contributed by atoms with Crippen molar-refractivity contribution in [1.82, 2.24) is 19.0 Å². The predicted molar refractivity (Wildman–Crippen MR) is 102 cm³/mol. The Morgan fingerprint density at radius 3 is 2.89 bits per heavy atom. The quantitative estimate of drug-likeness (QED) is 0.693. The number of ether oxygens (including phenoxy) is 1. The van der Waals surface area contributed by atoms with Crippen LogP contribution in [0.2, 0.25) is 0 Å². The number of amides is 1. The minimum atomic E-state index is -0.574. The number of aryl methyl sites for hydroxylation is 1. The molecule has 0 aliphatic carbocycles. The van der Waals surface area contributed by atoms with Gasteiger partial charge in [0.1, 0.15) is 0 Å². The summed E-state index contributed by atoms with van der Waals surface area (Å²) in [4.78, 5) is 31.7. The number of carbonyl (C=O) groups excluding carboxylic acids is 1. The molecule has 1 aromatic carbocycles. The van der Waals surface area contributed by atoms with Crippen molar-refractivity contribution in [2.75, 3.05) is 20.2 Å². The highest BCUT2D eigenvalue weighted by Crippen LogP contribution is 2.26. The molecule has 0 bridgehead atoms. The van der Waals surface area contributed by atoms with Gasteiger partial charge in [-0.25, -0.2) is 14.2 Å². The molecule has 1 saturated heterocycles. The lowest BCUT2D eigenvalue weighted by atomic mass is 10.2. The minimum absolute atomic E-state index is 0.0980. The first-order valence-electron chi connectivity index (χ1n) is 9.23. The summed E-state index contributed by atoms with van der Waals surface area (Å²) in [7, 11) is 1.38. The third-order valence-electron chi connectivity index (χ3n) is 5.25. The zero-order valence-electron chi connectivity index (χ0n) is 15.8. The SMILES string of the molecule is CCn1c(=O)n([C@@H]2CCN(C(=O)c3ccc(OC)c(F)c3)C2)c2ncccc21. The lowest BCUT2D eigenvalue weighted by molar-refractivity contribution is 0.0787. The van der Waals surface area contributed by atoms with Crippen LogP contribution in [0, 0.1) is 5.82 Å². The zero-order valence-corrected chi connectivity index (χ0v) is 15.8. The largest absolute Gasteiger partial charge is 0.494 e. The molecule has 4 rings (SSSR count). The molecule has 0 spiro atoms. The Balaban J connectivity index is 1.62. The van der Waals surface area contributed by atoms with Crippen molar-refractivity contribution < 1.29 is 13.9 Å². The number of methoxy groups -OCH3 is 1. The number of imidazole rings is 1. The Bertz CT molecular complexity index is 1100. The van der Waals surface area contributed by atoms with E-state index >= 15 is 0 Å². The van der Waals surface area contributed by atoms with Crippen LogP contribution in [-0.4, -0.2) is 45.1 Å². The highest BCUT2D eigenvalue weighted by molar-refractivity contribution is 5.94. The zero-order chi connectivity index (χ0) is 19.8. The Morgan fingerprint density at radius 2 is 2.18 bits per heavy atom. The van der Waals surface area contributed by atoms with E-state index in [4.69, 9.17) is 4.74 Å². The van der Waals surface area contributed by atoms with Crippen LogP contribution >= 0.6 is 0 Å². The summed E-state index contributed by atoms with van der Waals surface area (Å²) in [5, 5.41) is 0. The van der Waals surface area contributed by atoms with Gasteiger partial charge in [0.15, 0.2) is 17.2 Å². The molecule has 146 valence electrons. The maximum absolute atomic E-state index is 14.0. The molecule has 1 aliphatic rings. The van der Waals surface area contributed by atoms with Crippen LogP contribution in [0.15, 0.2) is 41.3 Å². The van der Waals surface area contributed by atoms with Crippen molar-refractivity contribution in [1.29, 1.82) is 0 Å². The van der Waals surface area contributed by atoms with Gasteiger partial charge in [0.25, 0.3) is 5.91 Å². The Hall–Kier alpha value is -3.16. The van der Waals surface area contributed by atoms with E-state index in [1.807, 2.05) is 13.0 Å². The van der Waals surface area contributed by atoms with E-state index in [0.29, 0.717) is 31.7 Å². The average molecular weight is 384 g/mol. The molecule has 3 heterocycles. The molecule has 28 heavy (non-hydrogen) atoms. The fraction of sp³-hybridized carbons (Fsp3) is 0.350. The summed E-state index contributed by atoms with van der Waals surface area (Å²) in [6, 6.07) is 7.70. The van der Waals surface area contributed by atoms with E-state index in [1.54, 1.807) is 32.4 Å². The molecule has 7 nitrogen and oxygen atoms in total. The van der Waals surface area contributed by atoms with Gasteiger partial charge in [0.05, 0.1) is 18.7 Å². The van der Waals surface area contributed by atoms with Crippen LogP contribution in [-0.2, 0) is 6.54 Å². The summed E-state index contributed by atoms with van der Waals surface area (Å²) in [5.41, 5.74) is 1.56. The van der Waals surface area contributed by atoms with E-state index < -0.39 is 5.82 Å². The van der Waals surface area contributed by atoms with Crippen LogP contribution in [0.3, 0.4) is 0 Å². The lowest BCUT2D eigenvalue weighted by Crippen LogP contribution is -2.32. The molecule has 8 heteroatoms. The maximum atomic E-state index is 14.0. The number of fused-ring (bicyclic) bond motifs is 1. The van der Waals surface area contributed by atoms with Gasteiger partial charge in [-0.1, -0.05) is 0 Å². The molecule has 0 radical (unpaired) electrons.